The van der Waals surface area contributed by atoms with Gasteiger partial charge in [-0.1, -0.05) is 12.1 Å². The zero-order valence-corrected chi connectivity index (χ0v) is 10.9. The minimum absolute atomic E-state index is 0.255. The lowest BCUT2D eigenvalue weighted by Crippen LogP contribution is -2.17. The maximum absolute atomic E-state index is 12.1. The number of aromatic nitrogens is 1. The van der Waals surface area contributed by atoms with Gasteiger partial charge >= 0.3 is 0 Å². The molecule has 0 saturated carbocycles. The summed E-state index contributed by atoms with van der Waals surface area (Å²) < 4.78 is 0. The summed E-state index contributed by atoms with van der Waals surface area (Å²) >= 11 is 0. The van der Waals surface area contributed by atoms with E-state index in [0.717, 1.165) is 11.4 Å². The average Bonchev–Trinajstić information content (AvgIpc) is 2.39. The molecule has 0 bridgehead atoms. The molecular weight excluding hydrogens is 240 g/mol. The van der Waals surface area contributed by atoms with E-state index in [1.807, 2.05) is 43.3 Å². The van der Waals surface area contributed by atoms with Gasteiger partial charge in [-0.25, -0.2) is 4.98 Å². The van der Waals surface area contributed by atoms with Gasteiger partial charge < -0.3 is 16.0 Å². The minimum atomic E-state index is -0.255. The Hall–Kier alpha value is -2.56. The molecule has 0 atom stereocenters. The summed E-state index contributed by atoms with van der Waals surface area (Å²) in [6, 6.07) is 10.8. The molecule has 0 fully saturated rings. The number of benzene rings is 1. The normalized spacial score (nSPS) is 10.0. The van der Waals surface area contributed by atoms with Crippen molar-refractivity contribution < 1.29 is 4.79 Å². The molecule has 2 rings (SSSR count). The highest BCUT2D eigenvalue weighted by Crippen LogP contribution is 2.23. The Kier molecular flexibility index (Phi) is 3.66. The SMILES string of the molecule is CN(C)c1ccccc1NC(=O)c1ccc(N)cn1. The predicted octanol–water partition coefficient (Wildman–Crippen LogP) is 1.98. The molecular formula is C14H16N4O. The van der Waals surface area contributed by atoms with Crippen molar-refractivity contribution in [3.63, 3.8) is 0 Å². The van der Waals surface area contributed by atoms with Crippen LogP contribution in [0.2, 0.25) is 0 Å². The number of amides is 1. The largest absolute Gasteiger partial charge is 0.397 e. The van der Waals surface area contributed by atoms with Gasteiger partial charge in [0.15, 0.2) is 0 Å². The van der Waals surface area contributed by atoms with E-state index in [1.165, 1.54) is 6.20 Å². The lowest BCUT2D eigenvalue weighted by Gasteiger charge is -2.17. The maximum atomic E-state index is 12.1. The van der Waals surface area contributed by atoms with Crippen LogP contribution in [0.4, 0.5) is 17.1 Å². The Morgan fingerprint density at radius 1 is 1.21 bits per heavy atom. The summed E-state index contributed by atoms with van der Waals surface area (Å²) in [6.07, 6.45) is 1.47. The second-order valence-corrected chi connectivity index (χ2v) is 4.34. The van der Waals surface area contributed by atoms with Crippen LogP contribution in [0.5, 0.6) is 0 Å². The summed E-state index contributed by atoms with van der Waals surface area (Å²) in [5.41, 5.74) is 8.09. The van der Waals surface area contributed by atoms with Gasteiger partial charge in [0.2, 0.25) is 0 Å². The van der Waals surface area contributed by atoms with Crippen LogP contribution >= 0.6 is 0 Å². The number of hydrogen-bond acceptors (Lipinski definition) is 4. The van der Waals surface area contributed by atoms with Crippen molar-refractivity contribution in [2.75, 3.05) is 30.0 Å². The Bertz CT molecular complexity index is 578. The number of carbonyl (C=O) groups is 1. The molecule has 1 heterocycles. The van der Waals surface area contributed by atoms with Crippen LogP contribution in [0.25, 0.3) is 0 Å². The van der Waals surface area contributed by atoms with Crippen LogP contribution in [0.3, 0.4) is 0 Å². The van der Waals surface area contributed by atoms with E-state index in [-0.39, 0.29) is 5.91 Å². The van der Waals surface area contributed by atoms with Crippen LogP contribution < -0.4 is 16.0 Å². The highest BCUT2D eigenvalue weighted by Gasteiger charge is 2.10. The van der Waals surface area contributed by atoms with E-state index in [9.17, 15) is 4.79 Å². The lowest BCUT2D eigenvalue weighted by atomic mass is 10.2. The van der Waals surface area contributed by atoms with E-state index in [4.69, 9.17) is 5.73 Å². The topological polar surface area (TPSA) is 71.2 Å². The molecule has 0 unspecified atom stereocenters. The third-order valence-electron chi connectivity index (χ3n) is 2.65. The van der Waals surface area contributed by atoms with Crippen LogP contribution in [-0.4, -0.2) is 25.0 Å². The van der Waals surface area contributed by atoms with E-state index < -0.39 is 0 Å². The first-order valence-electron chi connectivity index (χ1n) is 5.87. The maximum Gasteiger partial charge on any atom is 0.274 e. The summed E-state index contributed by atoms with van der Waals surface area (Å²) in [4.78, 5) is 18.0. The average molecular weight is 256 g/mol. The van der Waals surface area contributed by atoms with Gasteiger partial charge in [-0.3, -0.25) is 4.79 Å². The highest BCUT2D eigenvalue weighted by atomic mass is 16.1. The fourth-order valence-electron chi connectivity index (χ4n) is 1.70. The van der Waals surface area contributed by atoms with Gasteiger partial charge in [0.1, 0.15) is 5.69 Å². The van der Waals surface area contributed by atoms with E-state index in [0.29, 0.717) is 11.4 Å². The molecule has 0 aliphatic rings. The number of pyridine rings is 1. The van der Waals surface area contributed by atoms with Crippen molar-refractivity contribution in [3.05, 3.63) is 48.3 Å². The monoisotopic (exact) mass is 256 g/mol. The Labute approximate surface area is 112 Å². The first-order valence-corrected chi connectivity index (χ1v) is 5.87. The first kappa shape index (κ1) is 12.9. The second kappa shape index (κ2) is 5.39. The van der Waals surface area contributed by atoms with Gasteiger partial charge in [-0.15, -0.1) is 0 Å². The van der Waals surface area contributed by atoms with E-state index >= 15 is 0 Å². The number of nitrogen functional groups attached to an aromatic ring is 1. The molecule has 5 nitrogen and oxygen atoms in total. The summed E-state index contributed by atoms with van der Waals surface area (Å²) in [5, 5.41) is 2.84. The molecule has 19 heavy (non-hydrogen) atoms. The summed E-state index contributed by atoms with van der Waals surface area (Å²) in [5.74, 6) is -0.255. The standard InChI is InChI=1S/C14H16N4O/c1-18(2)13-6-4-3-5-11(13)17-14(19)12-8-7-10(15)9-16-12/h3-9H,15H2,1-2H3,(H,17,19). The molecule has 0 saturated heterocycles. The van der Waals surface area contributed by atoms with Crippen molar-refractivity contribution in [2.24, 2.45) is 0 Å². The number of hydrogen-bond donors (Lipinski definition) is 2. The molecule has 1 aromatic heterocycles. The van der Waals surface area contributed by atoms with Crippen molar-refractivity contribution >= 4 is 23.0 Å². The fourth-order valence-corrected chi connectivity index (χ4v) is 1.70. The van der Waals surface area contributed by atoms with Gasteiger partial charge in [0.25, 0.3) is 5.91 Å². The lowest BCUT2D eigenvalue weighted by molar-refractivity contribution is 0.102. The smallest absolute Gasteiger partial charge is 0.274 e. The molecule has 1 aromatic carbocycles. The summed E-state index contributed by atoms with van der Waals surface area (Å²) in [7, 11) is 3.85. The Morgan fingerprint density at radius 2 is 1.95 bits per heavy atom. The molecule has 0 aliphatic heterocycles. The van der Waals surface area contributed by atoms with Crippen LogP contribution in [-0.2, 0) is 0 Å². The zero-order valence-electron chi connectivity index (χ0n) is 10.9. The molecule has 0 radical (unpaired) electrons. The first-order chi connectivity index (χ1) is 9.08. The number of nitrogens with one attached hydrogen (secondary N) is 1. The quantitative estimate of drug-likeness (QED) is 0.881. The molecule has 5 heteroatoms. The van der Waals surface area contributed by atoms with Crippen LogP contribution in [0.15, 0.2) is 42.6 Å². The van der Waals surface area contributed by atoms with Crippen molar-refractivity contribution in [1.29, 1.82) is 0 Å². The zero-order chi connectivity index (χ0) is 13.8. The Balaban J connectivity index is 2.22. The van der Waals surface area contributed by atoms with Gasteiger partial charge in [-0.05, 0) is 24.3 Å². The number of para-hydroxylation sites is 2. The third-order valence-corrected chi connectivity index (χ3v) is 2.65. The molecule has 2 aromatic rings. The molecule has 0 aliphatic carbocycles. The molecule has 0 spiro atoms. The Morgan fingerprint density at radius 3 is 2.58 bits per heavy atom. The van der Waals surface area contributed by atoms with Crippen molar-refractivity contribution in [1.82, 2.24) is 4.98 Å². The third kappa shape index (κ3) is 3.01. The highest BCUT2D eigenvalue weighted by molar-refractivity contribution is 6.04. The fraction of sp³-hybridized carbons (Fsp3) is 0.143. The van der Waals surface area contributed by atoms with Crippen molar-refractivity contribution in [2.45, 2.75) is 0 Å². The molecule has 98 valence electrons. The summed E-state index contributed by atoms with van der Waals surface area (Å²) in [6.45, 7) is 0. The van der Waals surface area contributed by atoms with Crippen LogP contribution in [0.1, 0.15) is 10.5 Å². The van der Waals surface area contributed by atoms with E-state index in [2.05, 4.69) is 10.3 Å². The number of rotatable bonds is 3. The van der Waals surface area contributed by atoms with Crippen molar-refractivity contribution in [3.8, 4) is 0 Å². The molecule has 3 N–H and O–H groups in total. The second-order valence-electron chi connectivity index (χ2n) is 4.34. The number of nitrogens with two attached hydrogens (primary N) is 1. The number of nitrogens with zero attached hydrogens (tertiary/aromatic N) is 2. The van der Waals surface area contributed by atoms with Gasteiger partial charge in [0, 0.05) is 14.1 Å². The predicted molar refractivity (Wildman–Crippen MR) is 77.4 cm³/mol. The van der Waals surface area contributed by atoms with Gasteiger partial charge in [0.05, 0.1) is 23.3 Å². The number of anilines is 3. The molecule has 1 amide bonds. The van der Waals surface area contributed by atoms with Crippen LogP contribution in [0, 0.1) is 0 Å². The van der Waals surface area contributed by atoms with E-state index in [1.54, 1.807) is 12.1 Å². The minimum Gasteiger partial charge on any atom is -0.397 e. The van der Waals surface area contributed by atoms with Gasteiger partial charge in [-0.2, -0.15) is 0 Å². The number of carbonyl (C=O) groups excluding carboxylic acids is 1.